The van der Waals surface area contributed by atoms with Crippen LogP contribution in [0.1, 0.15) is 18.1 Å². The maximum atomic E-state index is 11.7. The van der Waals surface area contributed by atoms with Gasteiger partial charge in [0.05, 0.1) is 6.61 Å². The van der Waals surface area contributed by atoms with E-state index in [0.29, 0.717) is 13.1 Å². The molecule has 0 aliphatic rings. The molecule has 1 rings (SSSR count). The first-order valence-electron chi connectivity index (χ1n) is 6.07. The molecular weight excluding hydrogens is 228 g/mol. The van der Waals surface area contributed by atoms with Crippen molar-refractivity contribution < 1.29 is 9.90 Å². The highest BCUT2D eigenvalue weighted by Gasteiger charge is 2.07. The minimum atomic E-state index is -0.199. The highest BCUT2D eigenvalue weighted by Crippen LogP contribution is 2.05. The van der Waals surface area contributed by atoms with Gasteiger partial charge < -0.3 is 15.3 Å². The van der Waals surface area contributed by atoms with Gasteiger partial charge in [-0.2, -0.15) is 0 Å². The number of carbonyl (C=O) groups excluding carboxylic acids is 1. The molecule has 0 aliphatic heterocycles. The summed E-state index contributed by atoms with van der Waals surface area (Å²) in [6.45, 7) is 4.80. The van der Waals surface area contributed by atoms with Gasteiger partial charge in [0.25, 0.3) is 0 Å². The number of aliphatic hydroxyl groups excluding tert-OH is 1. The van der Waals surface area contributed by atoms with Crippen molar-refractivity contribution in [1.29, 1.82) is 0 Å². The number of aryl methyl sites for hydroxylation is 1. The molecule has 0 fully saturated rings. The van der Waals surface area contributed by atoms with Crippen molar-refractivity contribution in [1.82, 2.24) is 10.2 Å². The van der Waals surface area contributed by atoms with Gasteiger partial charge in [-0.1, -0.05) is 29.8 Å². The zero-order valence-electron chi connectivity index (χ0n) is 10.9. The van der Waals surface area contributed by atoms with Crippen LogP contribution in [0.15, 0.2) is 30.5 Å². The normalized spacial score (nSPS) is 10.6. The van der Waals surface area contributed by atoms with Crippen molar-refractivity contribution in [3.63, 3.8) is 0 Å². The number of benzene rings is 1. The van der Waals surface area contributed by atoms with Gasteiger partial charge in [-0.15, -0.1) is 0 Å². The number of carbonyl (C=O) groups is 1. The van der Waals surface area contributed by atoms with Gasteiger partial charge in [0, 0.05) is 19.3 Å². The van der Waals surface area contributed by atoms with Gasteiger partial charge in [0.1, 0.15) is 0 Å². The number of urea groups is 1. The van der Waals surface area contributed by atoms with Crippen molar-refractivity contribution >= 4 is 12.1 Å². The van der Waals surface area contributed by atoms with E-state index in [1.54, 1.807) is 11.1 Å². The molecule has 98 valence electrons. The van der Waals surface area contributed by atoms with Crippen molar-refractivity contribution in [2.75, 3.05) is 19.7 Å². The van der Waals surface area contributed by atoms with Gasteiger partial charge >= 0.3 is 6.03 Å². The molecule has 4 heteroatoms. The third-order valence-corrected chi connectivity index (χ3v) is 2.56. The lowest BCUT2D eigenvalue weighted by Gasteiger charge is -2.18. The Kier molecular flexibility index (Phi) is 5.94. The lowest BCUT2D eigenvalue weighted by molar-refractivity contribution is 0.183. The summed E-state index contributed by atoms with van der Waals surface area (Å²) in [5, 5.41) is 11.5. The van der Waals surface area contributed by atoms with Crippen molar-refractivity contribution in [2.24, 2.45) is 0 Å². The monoisotopic (exact) mass is 248 g/mol. The maximum Gasteiger partial charge on any atom is 0.321 e. The molecule has 0 atom stereocenters. The van der Waals surface area contributed by atoms with Crippen LogP contribution in [0.2, 0.25) is 0 Å². The SMILES string of the molecule is CCN(CCO)C(=O)N/C=C/c1cccc(C)c1. The Balaban J connectivity index is 2.51. The Bertz CT molecular complexity index is 416. The number of aliphatic hydroxyl groups is 1. The first-order chi connectivity index (χ1) is 8.67. The molecule has 2 N–H and O–H groups in total. The van der Waals surface area contributed by atoms with Gasteiger partial charge in [-0.05, 0) is 25.5 Å². The zero-order chi connectivity index (χ0) is 13.4. The van der Waals surface area contributed by atoms with E-state index in [-0.39, 0.29) is 12.6 Å². The van der Waals surface area contributed by atoms with Crippen LogP contribution in [0.25, 0.3) is 6.08 Å². The van der Waals surface area contributed by atoms with Crippen LogP contribution in [0.5, 0.6) is 0 Å². The second-order valence-corrected chi connectivity index (χ2v) is 4.00. The summed E-state index contributed by atoms with van der Waals surface area (Å²) in [7, 11) is 0. The van der Waals surface area contributed by atoms with E-state index in [2.05, 4.69) is 5.32 Å². The molecule has 1 aromatic carbocycles. The number of nitrogens with zero attached hydrogens (tertiary/aromatic N) is 1. The molecule has 0 heterocycles. The topological polar surface area (TPSA) is 52.6 Å². The minimum Gasteiger partial charge on any atom is -0.395 e. The number of hydrogen-bond acceptors (Lipinski definition) is 2. The fourth-order valence-electron chi connectivity index (χ4n) is 1.60. The summed E-state index contributed by atoms with van der Waals surface area (Å²) < 4.78 is 0. The Morgan fingerprint density at radius 3 is 2.89 bits per heavy atom. The molecule has 0 aliphatic carbocycles. The number of likely N-dealkylation sites (N-methyl/N-ethyl adjacent to an activating group) is 1. The highest BCUT2D eigenvalue weighted by atomic mass is 16.3. The second kappa shape index (κ2) is 7.50. The molecule has 0 saturated carbocycles. The smallest absolute Gasteiger partial charge is 0.321 e. The van der Waals surface area contributed by atoms with E-state index in [4.69, 9.17) is 5.11 Å². The van der Waals surface area contributed by atoms with E-state index >= 15 is 0 Å². The largest absolute Gasteiger partial charge is 0.395 e. The van der Waals surface area contributed by atoms with Crippen molar-refractivity contribution in [3.8, 4) is 0 Å². The van der Waals surface area contributed by atoms with Crippen LogP contribution in [-0.4, -0.2) is 35.7 Å². The van der Waals surface area contributed by atoms with Gasteiger partial charge in [-0.3, -0.25) is 0 Å². The summed E-state index contributed by atoms with van der Waals surface area (Å²) in [4.78, 5) is 13.2. The summed E-state index contributed by atoms with van der Waals surface area (Å²) in [6, 6.07) is 7.81. The summed E-state index contributed by atoms with van der Waals surface area (Å²) >= 11 is 0. The predicted octanol–water partition coefficient (Wildman–Crippen LogP) is 1.99. The maximum absolute atomic E-state index is 11.7. The second-order valence-electron chi connectivity index (χ2n) is 4.00. The van der Waals surface area contributed by atoms with Crippen LogP contribution in [0.4, 0.5) is 4.79 Å². The number of amides is 2. The lowest BCUT2D eigenvalue weighted by atomic mass is 10.1. The molecular formula is C14H20N2O2. The first kappa shape index (κ1) is 14.3. The van der Waals surface area contributed by atoms with Crippen LogP contribution in [0.3, 0.4) is 0 Å². The van der Waals surface area contributed by atoms with Gasteiger partial charge in [0.15, 0.2) is 0 Å². The van der Waals surface area contributed by atoms with Crippen LogP contribution in [-0.2, 0) is 0 Å². The van der Waals surface area contributed by atoms with Crippen molar-refractivity contribution in [3.05, 3.63) is 41.6 Å². The van der Waals surface area contributed by atoms with E-state index in [1.165, 1.54) is 5.56 Å². The molecule has 2 amide bonds. The first-order valence-corrected chi connectivity index (χ1v) is 6.07. The Labute approximate surface area is 108 Å². The standard InChI is InChI=1S/C14H20N2O2/c1-3-16(9-10-17)14(18)15-8-7-13-6-4-5-12(2)11-13/h4-8,11,17H,3,9-10H2,1-2H3,(H,15,18)/b8-7+. The van der Waals surface area contributed by atoms with Crippen molar-refractivity contribution in [2.45, 2.75) is 13.8 Å². The Morgan fingerprint density at radius 2 is 2.28 bits per heavy atom. The van der Waals surface area contributed by atoms with Crippen LogP contribution < -0.4 is 5.32 Å². The molecule has 0 bridgehead atoms. The van der Waals surface area contributed by atoms with Crippen LogP contribution in [0, 0.1) is 6.92 Å². The molecule has 0 radical (unpaired) electrons. The molecule has 0 spiro atoms. The van der Waals surface area contributed by atoms with Gasteiger partial charge in [-0.25, -0.2) is 4.79 Å². The van der Waals surface area contributed by atoms with E-state index in [1.807, 2.05) is 44.2 Å². The Morgan fingerprint density at radius 1 is 1.50 bits per heavy atom. The fourth-order valence-corrected chi connectivity index (χ4v) is 1.60. The number of nitrogens with one attached hydrogen (secondary N) is 1. The molecule has 0 unspecified atom stereocenters. The summed E-state index contributed by atoms with van der Waals surface area (Å²) in [5.74, 6) is 0. The van der Waals surface area contributed by atoms with Gasteiger partial charge in [0.2, 0.25) is 0 Å². The summed E-state index contributed by atoms with van der Waals surface area (Å²) in [5.41, 5.74) is 2.22. The van der Waals surface area contributed by atoms with Crippen LogP contribution >= 0.6 is 0 Å². The minimum absolute atomic E-state index is 0.0249. The zero-order valence-corrected chi connectivity index (χ0v) is 10.9. The third-order valence-electron chi connectivity index (χ3n) is 2.56. The molecule has 18 heavy (non-hydrogen) atoms. The summed E-state index contributed by atoms with van der Waals surface area (Å²) in [6.07, 6.45) is 3.47. The van der Waals surface area contributed by atoms with E-state index < -0.39 is 0 Å². The molecule has 1 aromatic rings. The molecule has 4 nitrogen and oxygen atoms in total. The average molecular weight is 248 g/mol. The average Bonchev–Trinajstić information content (AvgIpc) is 2.36. The quantitative estimate of drug-likeness (QED) is 0.837. The van der Waals surface area contributed by atoms with E-state index in [9.17, 15) is 4.79 Å². The highest BCUT2D eigenvalue weighted by molar-refractivity contribution is 5.76. The third kappa shape index (κ3) is 4.59. The number of rotatable bonds is 5. The lowest BCUT2D eigenvalue weighted by Crippen LogP contribution is -2.39. The Hall–Kier alpha value is -1.81. The number of hydrogen-bond donors (Lipinski definition) is 2. The molecule has 0 aromatic heterocycles. The predicted molar refractivity (Wildman–Crippen MR) is 73.1 cm³/mol. The molecule has 0 saturated heterocycles. The van der Waals surface area contributed by atoms with E-state index in [0.717, 1.165) is 5.56 Å². The fraction of sp³-hybridized carbons (Fsp3) is 0.357.